The molecule has 0 aromatic heterocycles. The van der Waals surface area contributed by atoms with Gasteiger partial charge < -0.3 is 72.2 Å². The number of unbranched alkanes of at least 4 members (excludes halogenated alkanes) is 1. The van der Waals surface area contributed by atoms with Crippen molar-refractivity contribution in [2.75, 3.05) is 19.7 Å². The summed E-state index contributed by atoms with van der Waals surface area (Å²) in [6.07, 6.45) is -9.99. The molecule has 3 amide bonds. The number of hydrogen-bond donors (Lipinski definition) is 11. The number of hydrogen-bond acceptors (Lipinski definition) is 13. The van der Waals surface area contributed by atoms with Gasteiger partial charge in [0.25, 0.3) is 0 Å². The largest absolute Gasteiger partial charge is 0.508 e. The number of benzene rings is 1. The summed E-state index contributed by atoms with van der Waals surface area (Å²) >= 11 is 0. The zero-order valence-corrected chi connectivity index (χ0v) is 30.1. The van der Waals surface area contributed by atoms with Gasteiger partial charge in [0.05, 0.1) is 18.8 Å². The fraction of sp³-hybridized carbons (Fsp3) is 0.714. The molecule has 1 saturated carbocycles. The normalized spacial score (nSPS) is 31.0. The van der Waals surface area contributed by atoms with Gasteiger partial charge in [0, 0.05) is 25.6 Å². The van der Waals surface area contributed by atoms with Gasteiger partial charge in [-0.05, 0) is 68.1 Å². The molecule has 18 heteroatoms. The SMILES string of the molecule is CC(C)CC(NC(=O)C(O)Cc1ccc(O)cc1)C(=O)N1C(C(=O)NCCCCN=C(N)N)CC2CC(O)C(OC3OC(CO)C(O)C(O)C3O)CC21. The summed E-state index contributed by atoms with van der Waals surface area (Å²) < 4.78 is 11.5. The summed E-state index contributed by atoms with van der Waals surface area (Å²) in [6.45, 7) is 3.69. The number of carbonyl (C=O) groups is 3. The average Bonchev–Trinajstić information content (AvgIpc) is 3.47. The van der Waals surface area contributed by atoms with Gasteiger partial charge in [0.2, 0.25) is 17.7 Å². The molecule has 298 valence electrons. The average molecular weight is 753 g/mol. The molecule has 1 aliphatic carbocycles. The molecule has 1 aromatic rings. The Morgan fingerprint density at radius 2 is 1.72 bits per heavy atom. The highest BCUT2D eigenvalue weighted by atomic mass is 16.7. The molecule has 4 rings (SSSR count). The Morgan fingerprint density at radius 3 is 2.36 bits per heavy atom. The van der Waals surface area contributed by atoms with E-state index in [0.29, 0.717) is 24.9 Å². The van der Waals surface area contributed by atoms with Crippen LogP contribution in [-0.2, 0) is 30.3 Å². The third-order valence-corrected chi connectivity index (χ3v) is 10.1. The van der Waals surface area contributed by atoms with Crippen molar-refractivity contribution in [3.05, 3.63) is 29.8 Å². The van der Waals surface area contributed by atoms with Crippen LogP contribution in [0.5, 0.6) is 5.75 Å². The van der Waals surface area contributed by atoms with Gasteiger partial charge in [-0.2, -0.15) is 0 Å². The van der Waals surface area contributed by atoms with Gasteiger partial charge in [-0.25, -0.2) is 0 Å². The number of likely N-dealkylation sites (tertiary alicyclic amines) is 1. The number of aromatic hydroxyl groups is 1. The van der Waals surface area contributed by atoms with Gasteiger partial charge in [0.15, 0.2) is 12.2 Å². The van der Waals surface area contributed by atoms with E-state index in [4.69, 9.17) is 20.9 Å². The van der Waals surface area contributed by atoms with Crippen LogP contribution in [0.3, 0.4) is 0 Å². The predicted molar refractivity (Wildman–Crippen MR) is 189 cm³/mol. The number of phenolic OH excluding ortho intramolecular Hbond substituents is 1. The number of amides is 3. The van der Waals surface area contributed by atoms with Crippen molar-refractivity contribution in [1.82, 2.24) is 15.5 Å². The minimum atomic E-state index is -1.72. The van der Waals surface area contributed by atoms with E-state index < -0.39 is 91.5 Å². The molecule has 12 unspecified atom stereocenters. The molecule has 18 nitrogen and oxygen atoms in total. The molecule has 1 aromatic carbocycles. The highest BCUT2D eigenvalue weighted by Crippen LogP contribution is 2.42. The summed E-state index contributed by atoms with van der Waals surface area (Å²) in [5.41, 5.74) is 11.3. The monoisotopic (exact) mass is 752 g/mol. The molecule has 3 aliphatic rings. The van der Waals surface area contributed by atoms with Crippen molar-refractivity contribution >= 4 is 23.7 Å². The fourth-order valence-electron chi connectivity index (χ4n) is 7.34. The zero-order chi connectivity index (χ0) is 39.0. The van der Waals surface area contributed by atoms with Crippen molar-refractivity contribution in [3.8, 4) is 5.75 Å². The molecule has 12 atom stereocenters. The number of guanidine groups is 1. The number of aliphatic hydroxyl groups excluding tert-OH is 6. The van der Waals surface area contributed by atoms with Crippen LogP contribution in [0.25, 0.3) is 0 Å². The van der Waals surface area contributed by atoms with E-state index in [2.05, 4.69) is 15.6 Å². The van der Waals surface area contributed by atoms with Gasteiger partial charge in [-0.1, -0.05) is 26.0 Å². The maximum Gasteiger partial charge on any atom is 0.249 e. The number of ether oxygens (including phenoxy) is 2. The summed E-state index contributed by atoms with van der Waals surface area (Å²) in [5, 5.41) is 77.9. The number of fused-ring (bicyclic) bond motifs is 1. The second-order valence-corrected chi connectivity index (χ2v) is 14.6. The van der Waals surface area contributed by atoms with Crippen LogP contribution in [0.1, 0.15) is 57.9 Å². The summed E-state index contributed by atoms with van der Waals surface area (Å²) in [4.78, 5) is 47.0. The number of nitrogens with zero attached hydrogens (tertiary/aromatic N) is 2. The number of aliphatic hydroxyl groups is 6. The number of nitrogens with one attached hydrogen (secondary N) is 2. The maximum atomic E-state index is 14.6. The third-order valence-electron chi connectivity index (χ3n) is 10.1. The Labute approximate surface area is 308 Å². The van der Waals surface area contributed by atoms with Crippen LogP contribution >= 0.6 is 0 Å². The molecule has 2 aliphatic heterocycles. The van der Waals surface area contributed by atoms with Crippen molar-refractivity contribution < 1.29 is 59.6 Å². The first-order valence-electron chi connectivity index (χ1n) is 18.2. The lowest BCUT2D eigenvalue weighted by molar-refractivity contribution is -0.320. The van der Waals surface area contributed by atoms with E-state index in [9.17, 15) is 50.1 Å². The quantitative estimate of drug-likeness (QED) is 0.0454. The van der Waals surface area contributed by atoms with Crippen LogP contribution in [-0.4, -0.2) is 151 Å². The van der Waals surface area contributed by atoms with Crippen LogP contribution in [0.4, 0.5) is 0 Å². The molecule has 2 saturated heterocycles. The molecule has 0 bridgehead atoms. The number of carbonyl (C=O) groups excluding carboxylic acids is 3. The highest BCUT2D eigenvalue weighted by Gasteiger charge is 2.54. The topological polar surface area (TPSA) is 303 Å². The van der Waals surface area contributed by atoms with Gasteiger partial charge in [-0.15, -0.1) is 0 Å². The van der Waals surface area contributed by atoms with Crippen LogP contribution in [0, 0.1) is 11.8 Å². The second-order valence-electron chi connectivity index (χ2n) is 14.6. The molecule has 13 N–H and O–H groups in total. The lowest BCUT2D eigenvalue weighted by Gasteiger charge is -2.44. The molecule has 2 heterocycles. The van der Waals surface area contributed by atoms with Crippen molar-refractivity contribution in [2.24, 2.45) is 28.3 Å². The Hall–Kier alpha value is -3.62. The Morgan fingerprint density at radius 1 is 1.02 bits per heavy atom. The zero-order valence-electron chi connectivity index (χ0n) is 30.1. The van der Waals surface area contributed by atoms with E-state index in [0.717, 1.165) is 0 Å². The lowest BCUT2D eigenvalue weighted by atomic mass is 9.81. The summed E-state index contributed by atoms with van der Waals surface area (Å²) in [7, 11) is 0. The second kappa shape index (κ2) is 19.1. The van der Waals surface area contributed by atoms with Gasteiger partial charge in [-0.3, -0.25) is 19.4 Å². The Balaban J connectivity index is 1.56. The van der Waals surface area contributed by atoms with E-state index in [-0.39, 0.29) is 62.2 Å². The Kier molecular flexibility index (Phi) is 15.2. The predicted octanol–water partition coefficient (Wildman–Crippen LogP) is -3.08. The molecular formula is C35H56N6O12. The standard InChI is InChI=1S/C35H56N6O12/c1-17(2)11-21(40-32(50)25(45)12-18-5-7-20(43)8-6-18)33(51)41-22-15-26(52-34-30(48)29(47)28(46)27(16-42)53-34)24(44)14-19(22)13-23(41)31(49)38-9-3-4-10-39-35(36)37/h5-8,17,19,21-30,34,42-48H,3-4,9-16H2,1-2H3,(H,38,49)(H,40,50)(H4,36,37,39). The lowest BCUT2D eigenvalue weighted by Crippen LogP contribution is -2.61. The summed E-state index contributed by atoms with van der Waals surface area (Å²) in [6, 6.07) is 3.20. The van der Waals surface area contributed by atoms with Crippen molar-refractivity contribution in [1.29, 1.82) is 0 Å². The van der Waals surface area contributed by atoms with E-state index in [1.807, 2.05) is 13.8 Å². The van der Waals surface area contributed by atoms with Crippen molar-refractivity contribution in [2.45, 2.75) is 126 Å². The number of phenols is 1. The van der Waals surface area contributed by atoms with Gasteiger partial charge in [0.1, 0.15) is 48.4 Å². The number of nitrogens with two attached hydrogens (primary N) is 2. The Bertz CT molecular complexity index is 1400. The molecule has 0 spiro atoms. The minimum Gasteiger partial charge on any atom is -0.508 e. The first kappa shape index (κ1) is 42.1. The smallest absolute Gasteiger partial charge is 0.249 e. The first-order valence-corrected chi connectivity index (χ1v) is 18.2. The minimum absolute atomic E-state index is 0.0132. The number of aliphatic imine (C=N–C) groups is 1. The maximum absolute atomic E-state index is 14.6. The first-order chi connectivity index (χ1) is 25.1. The van der Waals surface area contributed by atoms with Crippen LogP contribution in [0.2, 0.25) is 0 Å². The summed E-state index contributed by atoms with van der Waals surface area (Å²) in [5.74, 6) is -2.26. The van der Waals surface area contributed by atoms with E-state index in [1.165, 1.54) is 17.0 Å². The van der Waals surface area contributed by atoms with Crippen LogP contribution in [0.15, 0.2) is 29.3 Å². The fourth-order valence-corrected chi connectivity index (χ4v) is 7.34. The molecule has 53 heavy (non-hydrogen) atoms. The van der Waals surface area contributed by atoms with Crippen molar-refractivity contribution in [3.63, 3.8) is 0 Å². The van der Waals surface area contributed by atoms with Crippen LogP contribution < -0.4 is 22.1 Å². The molecule has 0 radical (unpaired) electrons. The van der Waals surface area contributed by atoms with Gasteiger partial charge >= 0.3 is 0 Å². The molecule has 3 fully saturated rings. The number of rotatable bonds is 16. The van der Waals surface area contributed by atoms with E-state index >= 15 is 0 Å². The third kappa shape index (κ3) is 11.0. The van der Waals surface area contributed by atoms with E-state index in [1.54, 1.807) is 12.1 Å². The molecular weight excluding hydrogens is 696 g/mol. The highest BCUT2D eigenvalue weighted by molar-refractivity contribution is 5.93.